The molecule has 1 aliphatic heterocycles. The predicted octanol–water partition coefficient (Wildman–Crippen LogP) is 5.42. The van der Waals surface area contributed by atoms with Crippen molar-refractivity contribution in [2.75, 3.05) is 0 Å². The summed E-state index contributed by atoms with van der Waals surface area (Å²) >= 11 is 4.01. The van der Waals surface area contributed by atoms with Gasteiger partial charge < -0.3 is 4.74 Å². The predicted molar refractivity (Wildman–Crippen MR) is 89.7 cm³/mol. The third-order valence-corrected chi connectivity index (χ3v) is 6.42. The Morgan fingerprint density at radius 1 is 0.950 bits per heavy atom. The monoisotopic (exact) mass is 338 g/mol. The van der Waals surface area contributed by atoms with E-state index >= 15 is 0 Å². The van der Waals surface area contributed by atoms with Gasteiger partial charge in [0.1, 0.15) is 0 Å². The summed E-state index contributed by atoms with van der Waals surface area (Å²) < 4.78 is 6.04. The summed E-state index contributed by atoms with van der Waals surface area (Å²) in [7, 11) is 0. The van der Waals surface area contributed by atoms with Gasteiger partial charge in [-0.05, 0) is 75.3 Å². The van der Waals surface area contributed by atoms with Crippen molar-refractivity contribution in [3.05, 3.63) is 33.9 Å². The second kappa shape index (κ2) is 5.81. The molecule has 0 aromatic heterocycles. The zero-order chi connectivity index (χ0) is 15.2. The van der Waals surface area contributed by atoms with Crippen LogP contribution in [0.3, 0.4) is 0 Å². The van der Waals surface area contributed by atoms with Crippen molar-refractivity contribution in [1.82, 2.24) is 0 Å². The fourth-order valence-corrected chi connectivity index (χ4v) is 5.25. The molecule has 0 saturated carbocycles. The molecule has 20 heavy (non-hydrogen) atoms. The van der Waals surface area contributed by atoms with Gasteiger partial charge in [0.15, 0.2) is 0 Å². The fourth-order valence-electron chi connectivity index (χ4n) is 3.65. The standard InChI is InChI=1S/C18H27BrO/c1-9-8-10(2)12(4)16(11(9)3)18(19)17-13(5)14(6)20-15(17)7/h8,13-15,17-18H,1-7H3. The summed E-state index contributed by atoms with van der Waals surface area (Å²) in [5.41, 5.74) is 7.10. The molecule has 0 spiro atoms. The molecule has 0 aliphatic carbocycles. The van der Waals surface area contributed by atoms with Gasteiger partial charge in [-0.15, -0.1) is 0 Å². The Kier molecular flexibility index (Phi) is 4.66. The first-order chi connectivity index (χ1) is 9.25. The lowest BCUT2D eigenvalue weighted by molar-refractivity contribution is 0.0510. The van der Waals surface area contributed by atoms with Crippen LogP contribution in [0.5, 0.6) is 0 Å². The molecule has 112 valence electrons. The van der Waals surface area contributed by atoms with Gasteiger partial charge in [0.2, 0.25) is 0 Å². The van der Waals surface area contributed by atoms with E-state index in [1.54, 1.807) is 0 Å². The number of aryl methyl sites for hydroxylation is 2. The Hall–Kier alpha value is -0.340. The molecular formula is C18H27BrO. The summed E-state index contributed by atoms with van der Waals surface area (Å²) in [5.74, 6) is 1.11. The summed E-state index contributed by atoms with van der Waals surface area (Å²) in [6.07, 6.45) is 0.658. The van der Waals surface area contributed by atoms with Crippen LogP contribution in [0.25, 0.3) is 0 Å². The lowest BCUT2D eigenvalue weighted by atomic mass is 9.80. The highest BCUT2D eigenvalue weighted by atomic mass is 79.9. The molecule has 1 aliphatic rings. The van der Waals surface area contributed by atoms with Crippen LogP contribution in [0.4, 0.5) is 0 Å². The van der Waals surface area contributed by atoms with Crippen LogP contribution < -0.4 is 0 Å². The Morgan fingerprint density at radius 2 is 1.45 bits per heavy atom. The van der Waals surface area contributed by atoms with Gasteiger partial charge in [-0.2, -0.15) is 0 Å². The molecule has 0 N–H and O–H groups in total. The first-order valence-corrected chi connectivity index (χ1v) is 8.54. The molecule has 1 nitrogen and oxygen atoms in total. The molecule has 1 saturated heterocycles. The maximum atomic E-state index is 6.04. The highest BCUT2D eigenvalue weighted by Gasteiger charge is 2.42. The number of hydrogen-bond donors (Lipinski definition) is 0. The van der Waals surface area contributed by atoms with E-state index in [0.717, 1.165) is 0 Å². The van der Waals surface area contributed by atoms with Gasteiger partial charge in [0, 0.05) is 10.7 Å². The van der Waals surface area contributed by atoms with Gasteiger partial charge in [0.25, 0.3) is 0 Å². The van der Waals surface area contributed by atoms with Crippen molar-refractivity contribution in [2.24, 2.45) is 11.8 Å². The molecule has 1 aromatic rings. The van der Waals surface area contributed by atoms with E-state index in [1.165, 1.54) is 27.8 Å². The van der Waals surface area contributed by atoms with E-state index in [1.807, 2.05) is 0 Å². The smallest absolute Gasteiger partial charge is 0.0596 e. The number of ether oxygens (including phenoxy) is 1. The zero-order valence-corrected chi connectivity index (χ0v) is 15.3. The minimum atomic E-state index is 0.309. The Morgan fingerprint density at radius 3 is 1.85 bits per heavy atom. The summed E-state index contributed by atoms with van der Waals surface area (Å²) in [5, 5.41) is 0. The quantitative estimate of drug-likeness (QED) is 0.654. The third kappa shape index (κ3) is 2.57. The highest BCUT2D eigenvalue weighted by molar-refractivity contribution is 9.09. The molecule has 5 atom stereocenters. The highest BCUT2D eigenvalue weighted by Crippen LogP contribution is 2.47. The number of benzene rings is 1. The molecule has 1 aromatic carbocycles. The van der Waals surface area contributed by atoms with Crippen molar-refractivity contribution in [3.63, 3.8) is 0 Å². The average molecular weight is 339 g/mol. The normalized spacial score (nSPS) is 31.6. The van der Waals surface area contributed by atoms with Gasteiger partial charge >= 0.3 is 0 Å². The summed E-state index contributed by atoms with van der Waals surface area (Å²) in [6, 6.07) is 2.30. The zero-order valence-electron chi connectivity index (χ0n) is 13.8. The maximum Gasteiger partial charge on any atom is 0.0596 e. The van der Waals surface area contributed by atoms with Crippen LogP contribution in [0.1, 0.15) is 53.4 Å². The van der Waals surface area contributed by atoms with Crippen molar-refractivity contribution in [2.45, 2.75) is 65.5 Å². The molecule has 1 fully saturated rings. The van der Waals surface area contributed by atoms with Gasteiger partial charge in [-0.25, -0.2) is 0 Å². The minimum Gasteiger partial charge on any atom is -0.375 e. The number of rotatable bonds is 2. The van der Waals surface area contributed by atoms with E-state index < -0.39 is 0 Å². The first-order valence-electron chi connectivity index (χ1n) is 7.62. The van der Waals surface area contributed by atoms with Crippen LogP contribution in [0, 0.1) is 39.5 Å². The van der Waals surface area contributed by atoms with Gasteiger partial charge in [-0.1, -0.05) is 28.9 Å². The van der Waals surface area contributed by atoms with Crippen molar-refractivity contribution in [1.29, 1.82) is 0 Å². The molecule has 1 heterocycles. The van der Waals surface area contributed by atoms with Crippen LogP contribution in [0.2, 0.25) is 0 Å². The first kappa shape index (κ1) is 16.0. The summed E-state index contributed by atoms with van der Waals surface area (Å²) in [6.45, 7) is 15.7. The number of hydrogen-bond acceptors (Lipinski definition) is 1. The molecule has 0 radical (unpaired) electrons. The second-order valence-corrected chi connectivity index (χ2v) is 7.55. The molecule has 2 rings (SSSR count). The maximum absolute atomic E-state index is 6.04. The van der Waals surface area contributed by atoms with Crippen molar-refractivity contribution in [3.8, 4) is 0 Å². The Labute approximate surface area is 132 Å². The summed E-state index contributed by atoms with van der Waals surface area (Å²) in [4.78, 5) is 0.371. The topological polar surface area (TPSA) is 9.23 Å². The van der Waals surface area contributed by atoms with Crippen LogP contribution in [0.15, 0.2) is 6.07 Å². The van der Waals surface area contributed by atoms with Crippen molar-refractivity contribution < 1.29 is 4.74 Å². The van der Waals surface area contributed by atoms with Gasteiger partial charge in [-0.3, -0.25) is 0 Å². The van der Waals surface area contributed by atoms with Crippen LogP contribution >= 0.6 is 15.9 Å². The number of halogens is 1. The van der Waals surface area contributed by atoms with E-state index in [4.69, 9.17) is 4.74 Å². The minimum absolute atomic E-state index is 0.309. The van der Waals surface area contributed by atoms with Crippen LogP contribution in [-0.2, 0) is 4.74 Å². The van der Waals surface area contributed by atoms with Crippen molar-refractivity contribution >= 4 is 15.9 Å². The van der Waals surface area contributed by atoms with Gasteiger partial charge in [0.05, 0.1) is 12.2 Å². The van der Waals surface area contributed by atoms with E-state index in [9.17, 15) is 0 Å². The van der Waals surface area contributed by atoms with Crippen LogP contribution in [-0.4, -0.2) is 12.2 Å². The molecule has 2 heteroatoms. The second-order valence-electron chi connectivity index (χ2n) is 6.56. The Bertz CT molecular complexity index is 482. The lowest BCUT2D eigenvalue weighted by Gasteiger charge is -2.28. The fraction of sp³-hybridized carbons (Fsp3) is 0.667. The molecule has 5 unspecified atom stereocenters. The van der Waals surface area contributed by atoms with E-state index in [2.05, 4.69) is 70.5 Å². The molecular weight excluding hydrogens is 312 g/mol. The average Bonchev–Trinajstić information content (AvgIpc) is 2.61. The largest absolute Gasteiger partial charge is 0.375 e. The van der Waals surface area contributed by atoms with E-state index in [0.29, 0.717) is 28.9 Å². The molecule has 0 amide bonds. The number of alkyl halides is 1. The molecule has 0 bridgehead atoms. The lowest BCUT2D eigenvalue weighted by Crippen LogP contribution is -2.23. The third-order valence-electron chi connectivity index (χ3n) is 5.36. The SMILES string of the molecule is Cc1cc(C)c(C)c(C(Br)C2C(C)OC(C)C2C)c1C. The van der Waals surface area contributed by atoms with E-state index in [-0.39, 0.29) is 0 Å². The Balaban J connectivity index is 2.46.